The van der Waals surface area contributed by atoms with E-state index in [1.807, 2.05) is 13.8 Å². The monoisotopic (exact) mass is 259 g/mol. The van der Waals surface area contributed by atoms with Gasteiger partial charge < -0.3 is 21.1 Å². The van der Waals surface area contributed by atoms with Gasteiger partial charge in [-0.15, -0.1) is 0 Å². The highest BCUT2D eigenvalue weighted by molar-refractivity contribution is 5.82. The maximum atomic E-state index is 11.5. The fourth-order valence-corrected chi connectivity index (χ4v) is 1.21. The molecule has 18 heavy (non-hydrogen) atoms. The second-order valence-corrected chi connectivity index (χ2v) is 4.63. The maximum absolute atomic E-state index is 11.5. The first-order valence-corrected chi connectivity index (χ1v) is 6.26. The lowest BCUT2D eigenvalue weighted by Crippen LogP contribution is -2.42. The molecule has 0 aliphatic heterocycles. The van der Waals surface area contributed by atoms with Crippen LogP contribution in [0.2, 0.25) is 0 Å². The van der Waals surface area contributed by atoms with Crippen molar-refractivity contribution in [1.29, 1.82) is 0 Å². The van der Waals surface area contributed by atoms with Crippen LogP contribution >= 0.6 is 0 Å². The highest BCUT2D eigenvalue weighted by Crippen LogP contribution is 1.90. The molecule has 0 saturated carbocycles. The van der Waals surface area contributed by atoms with E-state index in [0.29, 0.717) is 32.0 Å². The van der Waals surface area contributed by atoms with Crippen LogP contribution < -0.4 is 16.4 Å². The van der Waals surface area contributed by atoms with E-state index < -0.39 is 6.04 Å². The van der Waals surface area contributed by atoms with E-state index in [2.05, 4.69) is 10.6 Å². The van der Waals surface area contributed by atoms with Gasteiger partial charge in [-0.3, -0.25) is 9.59 Å². The van der Waals surface area contributed by atoms with Gasteiger partial charge in [0.15, 0.2) is 0 Å². The molecule has 1 atom stereocenters. The number of carbonyl (C=O) groups excluding carboxylic acids is 2. The number of hydrogen-bond acceptors (Lipinski definition) is 4. The zero-order valence-corrected chi connectivity index (χ0v) is 11.5. The molecule has 106 valence electrons. The van der Waals surface area contributed by atoms with Gasteiger partial charge in [-0.25, -0.2) is 0 Å². The van der Waals surface area contributed by atoms with Gasteiger partial charge >= 0.3 is 0 Å². The third-order valence-electron chi connectivity index (χ3n) is 2.33. The van der Waals surface area contributed by atoms with Crippen molar-refractivity contribution >= 4 is 11.8 Å². The quantitative estimate of drug-likeness (QED) is 0.526. The Hall–Kier alpha value is -1.14. The molecule has 0 bridgehead atoms. The molecule has 0 fully saturated rings. The summed E-state index contributed by atoms with van der Waals surface area (Å²) in [6.07, 6.45) is 0.747. The normalized spacial score (nSPS) is 12.3. The van der Waals surface area contributed by atoms with E-state index in [-0.39, 0.29) is 18.2 Å². The summed E-state index contributed by atoms with van der Waals surface area (Å²) in [6, 6.07) is -0.580. The van der Waals surface area contributed by atoms with Crippen molar-refractivity contribution in [2.45, 2.75) is 32.7 Å². The SMILES string of the molecule is COCCC(N)C(=O)NCCC(=O)NCC(C)C. The molecular formula is C12H25N3O3. The van der Waals surface area contributed by atoms with Crippen molar-refractivity contribution in [1.82, 2.24) is 10.6 Å². The third-order valence-corrected chi connectivity index (χ3v) is 2.33. The molecule has 0 radical (unpaired) electrons. The summed E-state index contributed by atoms with van der Waals surface area (Å²) in [5.41, 5.74) is 5.63. The van der Waals surface area contributed by atoms with Gasteiger partial charge in [-0.1, -0.05) is 13.8 Å². The lowest BCUT2D eigenvalue weighted by atomic mass is 10.2. The molecule has 0 aromatic rings. The predicted octanol–water partition coefficient (Wildman–Crippen LogP) is -0.371. The highest BCUT2D eigenvalue weighted by atomic mass is 16.5. The second-order valence-electron chi connectivity index (χ2n) is 4.63. The fourth-order valence-electron chi connectivity index (χ4n) is 1.21. The number of nitrogens with two attached hydrogens (primary N) is 1. The van der Waals surface area contributed by atoms with Crippen LogP contribution in [0.25, 0.3) is 0 Å². The topological polar surface area (TPSA) is 93.4 Å². The highest BCUT2D eigenvalue weighted by Gasteiger charge is 2.12. The minimum Gasteiger partial charge on any atom is -0.385 e. The number of ether oxygens (including phenoxy) is 1. The minimum atomic E-state index is -0.580. The lowest BCUT2D eigenvalue weighted by Gasteiger charge is -2.12. The van der Waals surface area contributed by atoms with E-state index in [1.54, 1.807) is 7.11 Å². The number of methoxy groups -OCH3 is 1. The van der Waals surface area contributed by atoms with Crippen molar-refractivity contribution in [3.63, 3.8) is 0 Å². The average Bonchev–Trinajstić information content (AvgIpc) is 2.33. The zero-order valence-electron chi connectivity index (χ0n) is 11.5. The maximum Gasteiger partial charge on any atom is 0.237 e. The van der Waals surface area contributed by atoms with Crippen LogP contribution in [0.5, 0.6) is 0 Å². The zero-order chi connectivity index (χ0) is 14.0. The van der Waals surface area contributed by atoms with Crippen molar-refractivity contribution in [3.05, 3.63) is 0 Å². The summed E-state index contributed by atoms with van der Waals surface area (Å²) in [6.45, 7) is 5.46. The molecule has 6 nitrogen and oxygen atoms in total. The first kappa shape index (κ1) is 16.9. The van der Waals surface area contributed by atoms with Gasteiger partial charge in [-0.2, -0.15) is 0 Å². The van der Waals surface area contributed by atoms with Crippen molar-refractivity contribution in [3.8, 4) is 0 Å². The largest absolute Gasteiger partial charge is 0.385 e. The van der Waals surface area contributed by atoms with Crippen molar-refractivity contribution in [2.24, 2.45) is 11.7 Å². The van der Waals surface area contributed by atoms with Crippen LogP contribution in [0.15, 0.2) is 0 Å². The predicted molar refractivity (Wildman–Crippen MR) is 69.9 cm³/mol. The molecule has 0 aromatic carbocycles. The number of amides is 2. The molecule has 0 saturated heterocycles. The lowest BCUT2D eigenvalue weighted by molar-refractivity contribution is -0.123. The summed E-state index contributed by atoms with van der Waals surface area (Å²) < 4.78 is 4.84. The minimum absolute atomic E-state index is 0.0607. The van der Waals surface area contributed by atoms with E-state index in [1.165, 1.54) is 0 Å². The summed E-state index contributed by atoms with van der Waals surface area (Å²) in [4.78, 5) is 22.8. The molecule has 0 aliphatic rings. The molecule has 1 unspecified atom stereocenters. The number of carbonyl (C=O) groups is 2. The molecule has 0 spiro atoms. The molecule has 0 aliphatic carbocycles. The van der Waals surface area contributed by atoms with Gasteiger partial charge in [0.25, 0.3) is 0 Å². The number of rotatable bonds is 9. The molecule has 0 heterocycles. The standard InChI is InChI=1S/C12H25N3O3/c1-9(2)8-15-11(16)4-6-14-12(17)10(13)5-7-18-3/h9-10H,4-8,13H2,1-3H3,(H,14,17)(H,15,16). The Labute approximate surface area is 109 Å². The average molecular weight is 259 g/mol. The molecule has 2 amide bonds. The Kier molecular flexibility index (Phi) is 9.22. The number of hydrogen-bond donors (Lipinski definition) is 3. The first-order valence-electron chi connectivity index (χ1n) is 6.26. The van der Waals surface area contributed by atoms with Crippen LogP contribution in [0, 0.1) is 5.92 Å². The van der Waals surface area contributed by atoms with E-state index >= 15 is 0 Å². The molecular weight excluding hydrogens is 234 g/mol. The Morgan fingerprint density at radius 3 is 2.50 bits per heavy atom. The second kappa shape index (κ2) is 9.85. The summed E-state index contributed by atoms with van der Waals surface area (Å²) in [5.74, 6) is 0.115. The van der Waals surface area contributed by atoms with Crippen LogP contribution in [-0.2, 0) is 14.3 Å². The molecule has 0 rings (SSSR count). The van der Waals surface area contributed by atoms with Crippen LogP contribution in [0.3, 0.4) is 0 Å². The Balaban J connectivity index is 3.64. The third kappa shape index (κ3) is 8.95. The summed E-state index contributed by atoms with van der Waals surface area (Å²) >= 11 is 0. The number of nitrogens with one attached hydrogen (secondary N) is 2. The molecule has 0 aromatic heterocycles. The van der Waals surface area contributed by atoms with Gasteiger partial charge in [0, 0.05) is 33.2 Å². The Morgan fingerprint density at radius 2 is 1.94 bits per heavy atom. The Morgan fingerprint density at radius 1 is 1.28 bits per heavy atom. The van der Waals surface area contributed by atoms with E-state index in [0.717, 1.165) is 0 Å². The van der Waals surface area contributed by atoms with Crippen LogP contribution in [0.1, 0.15) is 26.7 Å². The van der Waals surface area contributed by atoms with Gasteiger partial charge in [0.1, 0.15) is 0 Å². The van der Waals surface area contributed by atoms with Gasteiger partial charge in [-0.05, 0) is 12.3 Å². The summed E-state index contributed by atoms with van der Waals surface area (Å²) in [5, 5.41) is 5.41. The molecule has 6 heteroatoms. The van der Waals surface area contributed by atoms with Crippen LogP contribution in [-0.4, -0.2) is 44.7 Å². The first-order chi connectivity index (χ1) is 8.47. The van der Waals surface area contributed by atoms with Crippen molar-refractivity contribution in [2.75, 3.05) is 26.8 Å². The van der Waals surface area contributed by atoms with Crippen LogP contribution in [0.4, 0.5) is 0 Å². The van der Waals surface area contributed by atoms with Gasteiger partial charge in [0.2, 0.25) is 11.8 Å². The van der Waals surface area contributed by atoms with Gasteiger partial charge in [0.05, 0.1) is 6.04 Å². The summed E-state index contributed by atoms with van der Waals surface area (Å²) in [7, 11) is 1.56. The Bertz CT molecular complexity index is 257. The van der Waals surface area contributed by atoms with Crippen molar-refractivity contribution < 1.29 is 14.3 Å². The fraction of sp³-hybridized carbons (Fsp3) is 0.833. The van der Waals surface area contributed by atoms with E-state index in [9.17, 15) is 9.59 Å². The van der Waals surface area contributed by atoms with E-state index in [4.69, 9.17) is 10.5 Å². The molecule has 4 N–H and O–H groups in total. The smallest absolute Gasteiger partial charge is 0.237 e.